The van der Waals surface area contributed by atoms with Gasteiger partial charge in [0.15, 0.2) is 0 Å². The summed E-state index contributed by atoms with van der Waals surface area (Å²) in [7, 11) is 0. The van der Waals surface area contributed by atoms with Crippen LogP contribution in [0.15, 0.2) is 53.4 Å². The molecule has 8 nitrogen and oxygen atoms in total. The molecule has 0 spiro atoms. The Morgan fingerprint density at radius 1 is 1.31 bits per heavy atom. The van der Waals surface area contributed by atoms with Crippen molar-refractivity contribution in [2.24, 2.45) is 5.73 Å². The number of aromatic nitrogens is 4. The number of fused-ring (bicyclic) bond motifs is 1. The third-order valence-corrected chi connectivity index (χ3v) is 5.30. The number of hydrogen-bond acceptors (Lipinski definition) is 5. The molecule has 4 rings (SSSR count). The van der Waals surface area contributed by atoms with Crippen LogP contribution in [0.25, 0.3) is 16.8 Å². The first kappa shape index (κ1) is 19.6. The Labute approximate surface area is 171 Å². The largest absolute Gasteiger partial charge is 0.477 e. The molecule has 3 aromatic rings. The van der Waals surface area contributed by atoms with Crippen molar-refractivity contribution in [1.82, 2.24) is 13.9 Å². The normalized spacial score (nSPS) is 15.3. The summed E-state index contributed by atoms with van der Waals surface area (Å²) in [5, 5.41) is 0. The molecule has 1 aliphatic heterocycles. The number of rotatable bonds is 5. The van der Waals surface area contributed by atoms with E-state index >= 15 is 0 Å². The maximum Gasteiger partial charge on any atom is 0.477 e. The second kappa shape index (κ2) is 8.32. The summed E-state index contributed by atoms with van der Waals surface area (Å²) in [6.07, 6.45) is 3.83. The van der Waals surface area contributed by atoms with Gasteiger partial charge in [0.1, 0.15) is 24.1 Å². The maximum atomic E-state index is 12.9. The summed E-state index contributed by atoms with van der Waals surface area (Å²) in [6.45, 7) is 3.01. The number of halogens is 2. The van der Waals surface area contributed by atoms with Crippen LogP contribution < -0.4 is 20.7 Å². The quantitative estimate of drug-likeness (QED) is 0.626. The number of anilines is 1. The Morgan fingerprint density at radius 3 is 2.76 bits per heavy atom. The average Bonchev–Trinajstić information content (AvgIpc) is 3.02. The van der Waals surface area contributed by atoms with Gasteiger partial charge in [0.25, 0.3) is 5.65 Å². The fourth-order valence-electron chi connectivity index (χ4n) is 3.30. The lowest BCUT2D eigenvalue weighted by Crippen LogP contribution is -2.41. The molecule has 29 heavy (non-hydrogen) atoms. The molecule has 0 atom stereocenters. The van der Waals surface area contributed by atoms with Gasteiger partial charge < -0.3 is 15.4 Å². The van der Waals surface area contributed by atoms with Crippen molar-refractivity contribution in [2.75, 3.05) is 37.7 Å². The highest BCUT2D eigenvalue weighted by Gasteiger charge is 2.22. The van der Waals surface area contributed by atoms with Crippen LogP contribution in [0.3, 0.4) is 0 Å². The number of ether oxygens (including phenoxy) is 1. The average molecular weight is 420 g/mol. The summed E-state index contributed by atoms with van der Waals surface area (Å²) in [5.74, 6) is 0.903. The second-order valence-corrected chi connectivity index (χ2v) is 7.04. The molecule has 0 amide bonds. The van der Waals surface area contributed by atoms with Crippen molar-refractivity contribution in [1.29, 1.82) is 0 Å². The Kier molecular flexibility index (Phi) is 5.61. The second-order valence-electron chi connectivity index (χ2n) is 6.72. The third-order valence-electron chi connectivity index (χ3n) is 4.95. The van der Waals surface area contributed by atoms with Gasteiger partial charge in [-0.05, 0) is 28.0 Å². The van der Waals surface area contributed by atoms with Crippen molar-refractivity contribution in [2.45, 2.75) is 6.54 Å². The van der Waals surface area contributed by atoms with E-state index in [1.807, 2.05) is 18.2 Å². The molecule has 0 aromatic carbocycles. The van der Waals surface area contributed by atoms with E-state index in [0.29, 0.717) is 25.2 Å². The van der Waals surface area contributed by atoms with Gasteiger partial charge in [0.2, 0.25) is 0 Å². The van der Waals surface area contributed by atoms with Gasteiger partial charge in [-0.2, -0.15) is 4.40 Å². The lowest BCUT2D eigenvalue weighted by Gasteiger charge is -2.27. The number of nitrogens with two attached hydrogens (primary N) is 1. The van der Waals surface area contributed by atoms with Crippen LogP contribution >= 0.6 is 11.8 Å². The zero-order valence-corrected chi connectivity index (χ0v) is 16.4. The van der Waals surface area contributed by atoms with E-state index in [1.165, 1.54) is 13.3 Å². The van der Waals surface area contributed by atoms with E-state index in [0.717, 1.165) is 30.0 Å². The van der Waals surface area contributed by atoms with Crippen LogP contribution in [-0.2, 0) is 11.3 Å². The van der Waals surface area contributed by atoms with E-state index in [4.69, 9.17) is 22.2 Å². The number of pyridine rings is 2. The molecule has 1 fully saturated rings. The van der Waals surface area contributed by atoms with E-state index in [2.05, 4.69) is 9.88 Å². The smallest absolute Gasteiger partial charge is 0.378 e. The highest BCUT2D eigenvalue weighted by Crippen LogP contribution is 2.22. The Hall–Kier alpha value is -2.75. The van der Waals surface area contributed by atoms with Crippen molar-refractivity contribution in [3.05, 3.63) is 59.0 Å². The predicted octanol–water partition coefficient (Wildman–Crippen LogP) is 1.10. The summed E-state index contributed by atoms with van der Waals surface area (Å²) >= 11 is 6.34. The zero-order chi connectivity index (χ0) is 20.4. The van der Waals surface area contributed by atoms with E-state index < -0.39 is 0 Å². The molecule has 4 heterocycles. The maximum absolute atomic E-state index is 12.9. The molecule has 0 saturated carbocycles. The van der Waals surface area contributed by atoms with Crippen LogP contribution in [0.1, 0.15) is 0 Å². The molecule has 3 aromatic heterocycles. The van der Waals surface area contributed by atoms with Gasteiger partial charge in [0.05, 0.1) is 25.7 Å². The van der Waals surface area contributed by atoms with Crippen LogP contribution in [0.2, 0.25) is 0 Å². The minimum atomic E-state index is -0.379. The van der Waals surface area contributed by atoms with Gasteiger partial charge in [-0.15, -0.1) is 0 Å². The van der Waals surface area contributed by atoms with E-state index in [-0.39, 0.29) is 24.4 Å². The van der Waals surface area contributed by atoms with Gasteiger partial charge in [-0.25, -0.2) is 14.2 Å². The molecule has 2 N–H and O–H groups in total. The van der Waals surface area contributed by atoms with Crippen LogP contribution in [0, 0.1) is 0 Å². The molecule has 0 bridgehead atoms. The highest BCUT2D eigenvalue weighted by atomic mass is 35.5. The Bertz CT molecular complexity index is 1100. The van der Waals surface area contributed by atoms with Gasteiger partial charge in [-0.3, -0.25) is 0 Å². The monoisotopic (exact) mass is 419 g/mol. The highest BCUT2D eigenvalue weighted by molar-refractivity contribution is 6.16. The fraction of sp³-hybridized carbons (Fsp3) is 0.316. The van der Waals surface area contributed by atoms with Crippen LogP contribution in [0.4, 0.5) is 10.2 Å². The molecular formula is C19H21ClFN6O2+. The molecule has 0 unspecified atom stereocenters. The SMILES string of the molecule is NC/C(=C\F)Cn1c(=O)[n+]2ccc(-c3ccc(N4CCOCC4)nc3)cc2n1Cl. The molecule has 10 heteroatoms. The first-order valence-electron chi connectivity index (χ1n) is 9.23. The van der Waals surface area contributed by atoms with E-state index in [1.54, 1.807) is 18.5 Å². The molecule has 0 radical (unpaired) electrons. The van der Waals surface area contributed by atoms with Gasteiger partial charge >= 0.3 is 5.69 Å². The first-order valence-corrected chi connectivity index (χ1v) is 9.57. The lowest BCUT2D eigenvalue weighted by molar-refractivity contribution is -0.530. The number of nitrogens with zero attached hydrogens (tertiary/aromatic N) is 5. The minimum Gasteiger partial charge on any atom is -0.378 e. The summed E-state index contributed by atoms with van der Waals surface area (Å²) in [4.78, 5) is 19.3. The van der Waals surface area contributed by atoms with Crippen LogP contribution in [-0.4, -0.2) is 46.7 Å². The van der Waals surface area contributed by atoms with Crippen LogP contribution in [0.5, 0.6) is 0 Å². The lowest BCUT2D eigenvalue weighted by atomic mass is 10.1. The molecular weight excluding hydrogens is 399 g/mol. The predicted molar refractivity (Wildman–Crippen MR) is 108 cm³/mol. The Balaban J connectivity index is 1.66. The first-order chi connectivity index (χ1) is 14.1. The summed E-state index contributed by atoms with van der Waals surface area (Å²) in [6, 6.07) is 7.56. The van der Waals surface area contributed by atoms with Crippen molar-refractivity contribution in [3.63, 3.8) is 0 Å². The fourth-order valence-corrected chi connectivity index (χ4v) is 3.54. The van der Waals surface area contributed by atoms with Crippen molar-refractivity contribution >= 4 is 23.2 Å². The standard InChI is InChI=1S/C19H21ClFN6O2/c20-27-18-9-15(3-4-25(18)19(28)26(27)13-14(10-21)11-22)16-1-2-17(23-12-16)24-5-7-29-8-6-24/h1-4,9-10,12H,5-8,11,13,22H2/q+1/b14-10+. The van der Waals surface area contributed by atoms with E-state index in [9.17, 15) is 9.18 Å². The van der Waals surface area contributed by atoms with Crippen molar-refractivity contribution in [3.8, 4) is 11.1 Å². The van der Waals surface area contributed by atoms with Gasteiger partial charge in [-0.1, -0.05) is 4.68 Å². The topological polar surface area (TPSA) is 82.4 Å². The minimum absolute atomic E-state index is 0.00156. The van der Waals surface area contributed by atoms with Gasteiger partial charge in [0, 0.05) is 43.0 Å². The van der Waals surface area contributed by atoms with Crippen molar-refractivity contribution < 1.29 is 13.5 Å². The molecule has 1 saturated heterocycles. The molecule has 0 aliphatic carbocycles. The zero-order valence-electron chi connectivity index (χ0n) is 15.7. The Morgan fingerprint density at radius 2 is 2.10 bits per heavy atom. The molecule has 152 valence electrons. The summed E-state index contributed by atoms with van der Waals surface area (Å²) < 4.78 is 22.1. The number of hydrogen-bond donors (Lipinski definition) is 1. The summed E-state index contributed by atoms with van der Waals surface area (Å²) in [5.41, 5.74) is 7.59. The third kappa shape index (κ3) is 3.76. The molecule has 1 aliphatic rings. The number of morpholine rings is 1.